The Morgan fingerprint density at radius 3 is 2.53 bits per heavy atom. The number of rotatable bonds is 5. The van der Waals surface area contributed by atoms with Crippen LogP contribution in [0.25, 0.3) is 0 Å². The third kappa shape index (κ3) is 4.51. The van der Waals surface area contributed by atoms with Crippen LogP contribution in [0.2, 0.25) is 5.02 Å². The van der Waals surface area contributed by atoms with Gasteiger partial charge in [-0.1, -0.05) is 11.6 Å². The van der Waals surface area contributed by atoms with Crippen molar-refractivity contribution in [2.24, 2.45) is 5.73 Å². The molecule has 84 valence electrons. The van der Waals surface area contributed by atoms with E-state index >= 15 is 0 Å². The van der Waals surface area contributed by atoms with Crippen molar-refractivity contribution in [3.05, 3.63) is 29.3 Å². The molecule has 1 aromatic carbocycles. The fourth-order valence-electron chi connectivity index (χ4n) is 1.02. The molecule has 0 amide bonds. The molecule has 15 heavy (non-hydrogen) atoms. The van der Waals surface area contributed by atoms with Gasteiger partial charge in [0.2, 0.25) is 0 Å². The van der Waals surface area contributed by atoms with Crippen LogP contribution >= 0.6 is 11.6 Å². The number of halogens is 1. The standard InChI is InChI=1S/C11H16ClNO2/c1-11(14,8-13)6-7-15-10-4-2-9(12)3-5-10/h2-5,14H,6-8,13H2,1H3. The monoisotopic (exact) mass is 229 g/mol. The van der Waals surface area contributed by atoms with Crippen molar-refractivity contribution in [3.63, 3.8) is 0 Å². The van der Waals surface area contributed by atoms with Gasteiger partial charge in [-0.05, 0) is 31.2 Å². The van der Waals surface area contributed by atoms with Gasteiger partial charge in [0.1, 0.15) is 5.75 Å². The molecule has 0 aromatic heterocycles. The first kappa shape index (κ1) is 12.3. The van der Waals surface area contributed by atoms with Crippen LogP contribution in [0.3, 0.4) is 0 Å². The summed E-state index contributed by atoms with van der Waals surface area (Å²) in [5.74, 6) is 0.743. The highest BCUT2D eigenvalue weighted by atomic mass is 35.5. The van der Waals surface area contributed by atoms with Crippen LogP contribution < -0.4 is 10.5 Å². The van der Waals surface area contributed by atoms with Crippen molar-refractivity contribution in [3.8, 4) is 5.75 Å². The largest absolute Gasteiger partial charge is 0.493 e. The van der Waals surface area contributed by atoms with Crippen LogP contribution in [-0.2, 0) is 0 Å². The van der Waals surface area contributed by atoms with Gasteiger partial charge in [0.05, 0.1) is 12.2 Å². The molecule has 0 radical (unpaired) electrons. The Labute approximate surface area is 94.8 Å². The summed E-state index contributed by atoms with van der Waals surface area (Å²) in [6, 6.07) is 7.11. The molecule has 3 nitrogen and oxygen atoms in total. The fraction of sp³-hybridized carbons (Fsp3) is 0.455. The number of nitrogens with two attached hydrogens (primary N) is 1. The first-order chi connectivity index (χ1) is 7.03. The van der Waals surface area contributed by atoms with Crippen LogP contribution in [0, 0.1) is 0 Å². The van der Waals surface area contributed by atoms with Gasteiger partial charge in [-0.2, -0.15) is 0 Å². The molecule has 0 saturated carbocycles. The summed E-state index contributed by atoms with van der Waals surface area (Å²) in [4.78, 5) is 0. The first-order valence-electron chi connectivity index (χ1n) is 4.84. The van der Waals surface area contributed by atoms with E-state index in [1.165, 1.54) is 0 Å². The molecule has 3 N–H and O–H groups in total. The fourth-order valence-corrected chi connectivity index (χ4v) is 1.15. The molecule has 1 atom stereocenters. The molecule has 1 unspecified atom stereocenters. The van der Waals surface area contributed by atoms with Crippen molar-refractivity contribution < 1.29 is 9.84 Å². The van der Waals surface area contributed by atoms with E-state index in [1.807, 2.05) is 0 Å². The topological polar surface area (TPSA) is 55.5 Å². The van der Waals surface area contributed by atoms with Crippen molar-refractivity contribution in [2.45, 2.75) is 18.9 Å². The quantitative estimate of drug-likeness (QED) is 0.810. The zero-order valence-electron chi connectivity index (χ0n) is 8.74. The highest BCUT2D eigenvalue weighted by molar-refractivity contribution is 6.30. The lowest BCUT2D eigenvalue weighted by molar-refractivity contribution is 0.0453. The van der Waals surface area contributed by atoms with Crippen molar-refractivity contribution in [2.75, 3.05) is 13.2 Å². The number of hydrogen-bond acceptors (Lipinski definition) is 3. The Morgan fingerprint density at radius 1 is 1.40 bits per heavy atom. The molecule has 4 heteroatoms. The molecule has 0 aliphatic rings. The van der Waals surface area contributed by atoms with E-state index in [0.717, 1.165) is 5.75 Å². The Morgan fingerprint density at radius 2 is 2.00 bits per heavy atom. The molecule has 0 bridgehead atoms. The summed E-state index contributed by atoms with van der Waals surface area (Å²) in [6.07, 6.45) is 0.506. The SMILES string of the molecule is CC(O)(CN)CCOc1ccc(Cl)cc1. The van der Waals surface area contributed by atoms with E-state index < -0.39 is 5.60 Å². The third-order valence-corrected chi connectivity index (χ3v) is 2.41. The van der Waals surface area contributed by atoms with Gasteiger partial charge >= 0.3 is 0 Å². The van der Waals surface area contributed by atoms with Crippen LogP contribution in [0.15, 0.2) is 24.3 Å². The summed E-state index contributed by atoms with van der Waals surface area (Å²) in [7, 11) is 0. The Kier molecular flexibility index (Phi) is 4.39. The van der Waals surface area contributed by atoms with Gasteiger partial charge in [0.25, 0.3) is 0 Å². The van der Waals surface area contributed by atoms with Gasteiger partial charge in [-0.25, -0.2) is 0 Å². The van der Waals surface area contributed by atoms with E-state index in [2.05, 4.69) is 0 Å². The molecule has 0 saturated heterocycles. The summed E-state index contributed by atoms with van der Waals surface area (Å²) in [5.41, 5.74) is 4.53. The minimum absolute atomic E-state index is 0.233. The van der Waals surface area contributed by atoms with Crippen LogP contribution in [0.1, 0.15) is 13.3 Å². The van der Waals surface area contributed by atoms with Gasteiger partial charge in [-0.15, -0.1) is 0 Å². The lowest BCUT2D eigenvalue weighted by Gasteiger charge is -2.20. The maximum absolute atomic E-state index is 9.62. The molecule has 1 aromatic rings. The normalized spacial score (nSPS) is 14.7. The summed E-state index contributed by atoms with van der Waals surface area (Å²) < 4.78 is 5.42. The van der Waals surface area contributed by atoms with Gasteiger partial charge in [-0.3, -0.25) is 0 Å². The number of hydrogen-bond donors (Lipinski definition) is 2. The summed E-state index contributed by atoms with van der Waals surface area (Å²) in [6.45, 7) is 2.36. The summed E-state index contributed by atoms with van der Waals surface area (Å²) in [5, 5.41) is 10.3. The van der Waals surface area contributed by atoms with Crippen LogP contribution in [-0.4, -0.2) is 23.9 Å². The second kappa shape index (κ2) is 5.35. The zero-order valence-corrected chi connectivity index (χ0v) is 9.50. The minimum Gasteiger partial charge on any atom is -0.493 e. The number of ether oxygens (including phenoxy) is 1. The number of aliphatic hydroxyl groups is 1. The highest BCUT2D eigenvalue weighted by Gasteiger charge is 2.17. The number of benzene rings is 1. The Bertz CT molecular complexity index is 298. The van der Waals surface area contributed by atoms with E-state index in [-0.39, 0.29) is 6.54 Å². The molecule has 0 spiro atoms. The highest BCUT2D eigenvalue weighted by Crippen LogP contribution is 2.16. The third-order valence-electron chi connectivity index (χ3n) is 2.16. The predicted octanol–water partition coefficient (Wildman–Crippen LogP) is 1.82. The van der Waals surface area contributed by atoms with Gasteiger partial charge in [0, 0.05) is 18.0 Å². The molecule has 0 aliphatic heterocycles. The smallest absolute Gasteiger partial charge is 0.119 e. The predicted molar refractivity (Wildman–Crippen MR) is 61.2 cm³/mol. The zero-order chi connectivity index (χ0) is 11.3. The molecule has 0 aliphatic carbocycles. The molecule has 0 fully saturated rings. The van der Waals surface area contributed by atoms with Crippen molar-refractivity contribution in [1.29, 1.82) is 0 Å². The Hall–Kier alpha value is -0.770. The lowest BCUT2D eigenvalue weighted by Crippen LogP contribution is -2.35. The second-order valence-electron chi connectivity index (χ2n) is 3.75. The van der Waals surface area contributed by atoms with E-state index in [9.17, 15) is 5.11 Å². The van der Waals surface area contributed by atoms with Crippen LogP contribution in [0.4, 0.5) is 0 Å². The van der Waals surface area contributed by atoms with Crippen LogP contribution in [0.5, 0.6) is 5.75 Å². The molecule has 1 rings (SSSR count). The van der Waals surface area contributed by atoms with E-state index in [0.29, 0.717) is 18.1 Å². The Balaban J connectivity index is 2.35. The van der Waals surface area contributed by atoms with E-state index in [1.54, 1.807) is 31.2 Å². The lowest BCUT2D eigenvalue weighted by atomic mass is 10.0. The van der Waals surface area contributed by atoms with E-state index in [4.69, 9.17) is 22.1 Å². The van der Waals surface area contributed by atoms with Gasteiger partial charge in [0.15, 0.2) is 0 Å². The summed E-state index contributed by atoms with van der Waals surface area (Å²) >= 11 is 5.73. The second-order valence-corrected chi connectivity index (χ2v) is 4.19. The molecular formula is C11H16ClNO2. The minimum atomic E-state index is -0.855. The van der Waals surface area contributed by atoms with Crippen molar-refractivity contribution >= 4 is 11.6 Å². The molecular weight excluding hydrogens is 214 g/mol. The average molecular weight is 230 g/mol. The first-order valence-corrected chi connectivity index (χ1v) is 5.22. The maximum Gasteiger partial charge on any atom is 0.119 e. The van der Waals surface area contributed by atoms with Crippen molar-refractivity contribution in [1.82, 2.24) is 0 Å². The maximum atomic E-state index is 9.62. The average Bonchev–Trinajstić information content (AvgIpc) is 2.21. The van der Waals surface area contributed by atoms with Gasteiger partial charge < -0.3 is 15.6 Å². The molecule has 0 heterocycles.